The minimum atomic E-state index is -0.580. The third-order valence-corrected chi connectivity index (χ3v) is 2.35. The summed E-state index contributed by atoms with van der Waals surface area (Å²) < 4.78 is 27.8. The molecule has 0 radical (unpaired) electrons. The Balaban J connectivity index is 2.30. The van der Waals surface area contributed by atoms with Crippen molar-refractivity contribution in [2.24, 2.45) is 0 Å². The van der Waals surface area contributed by atoms with Crippen LogP contribution in [0.25, 0.3) is 0 Å². The van der Waals surface area contributed by atoms with Gasteiger partial charge in [0, 0.05) is 17.8 Å². The Morgan fingerprint density at radius 3 is 2.69 bits per heavy atom. The topological polar surface area (TPSA) is 43.8 Å². The van der Waals surface area contributed by atoms with E-state index in [9.17, 15) is 8.78 Å². The zero-order chi connectivity index (χ0) is 11.7. The number of aryl methyl sites for hydroxylation is 1. The highest BCUT2D eigenvalue weighted by Gasteiger charge is 2.07. The maximum Gasteiger partial charge on any atom is 0.141 e. The lowest BCUT2D eigenvalue weighted by atomic mass is 10.2. The van der Waals surface area contributed by atoms with Gasteiger partial charge in [0.1, 0.15) is 23.3 Å². The molecule has 0 fully saturated rings. The van der Waals surface area contributed by atoms with Gasteiger partial charge in [-0.1, -0.05) is 6.07 Å². The fourth-order valence-corrected chi connectivity index (χ4v) is 1.53. The van der Waals surface area contributed by atoms with Crippen molar-refractivity contribution in [2.45, 2.75) is 13.5 Å². The van der Waals surface area contributed by atoms with Crippen molar-refractivity contribution in [3.63, 3.8) is 0 Å². The molecule has 0 aliphatic carbocycles. The van der Waals surface area contributed by atoms with Gasteiger partial charge in [-0.05, 0) is 13.0 Å². The average Bonchev–Trinajstić information content (AvgIpc) is 2.50. The fraction of sp³-hybridized carbons (Fsp3) is 0.182. The van der Waals surface area contributed by atoms with E-state index in [1.54, 1.807) is 17.7 Å². The molecule has 2 rings (SSSR count). The summed E-state index contributed by atoms with van der Waals surface area (Å²) in [5.74, 6) is -0.0592. The Hall–Kier alpha value is -1.91. The van der Waals surface area contributed by atoms with Gasteiger partial charge in [-0.15, -0.1) is 0 Å². The number of benzene rings is 1. The number of nitrogen functional groups attached to an aromatic ring is 1. The van der Waals surface area contributed by atoms with E-state index in [1.165, 1.54) is 12.1 Å². The molecule has 0 amide bonds. The molecule has 1 aromatic heterocycles. The average molecular weight is 223 g/mol. The molecule has 16 heavy (non-hydrogen) atoms. The number of aromatic nitrogens is 2. The maximum atomic E-state index is 13.4. The maximum absolute atomic E-state index is 13.4. The summed E-state index contributed by atoms with van der Waals surface area (Å²) >= 11 is 0. The number of anilines is 1. The quantitative estimate of drug-likeness (QED) is 0.847. The summed E-state index contributed by atoms with van der Waals surface area (Å²) in [5.41, 5.74) is 5.91. The fourth-order valence-electron chi connectivity index (χ4n) is 1.53. The highest BCUT2D eigenvalue weighted by atomic mass is 19.1. The molecule has 3 nitrogen and oxygen atoms in total. The van der Waals surface area contributed by atoms with E-state index < -0.39 is 11.6 Å². The molecule has 0 atom stereocenters. The van der Waals surface area contributed by atoms with Crippen molar-refractivity contribution in [1.29, 1.82) is 0 Å². The first-order valence-corrected chi connectivity index (χ1v) is 4.79. The summed E-state index contributed by atoms with van der Waals surface area (Å²) in [6.45, 7) is 2.07. The number of halogens is 2. The summed E-state index contributed by atoms with van der Waals surface area (Å²) in [7, 11) is 0. The van der Waals surface area contributed by atoms with E-state index in [4.69, 9.17) is 5.73 Å². The Morgan fingerprint density at radius 1 is 1.38 bits per heavy atom. The van der Waals surface area contributed by atoms with Gasteiger partial charge in [-0.3, -0.25) is 0 Å². The standard InChI is InChI=1S/C11H11F2N3/c1-7-15-11(14)6-16(7)5-8-2-3-9(12)4-10(8)13/h2-4,6H,5,14H2,1H3. The molecule has 0 unspecified atom stereocenters. The van der Waals surface area contributed by atoms with E-state index in [-0.39, 0.29) is 0 Å². The van der Waals surface area contributed by atoms with Crippen LogP contribution in [0.2, 0.25) is 0 Å². The number of nitrogens with two attached hydrogens (primary N) is 1. The largest absolute Gasteiger partial charge is 0.382 e. The molecule has 1 heterocycles. The van der Waals surface area contributed by atoms with Crippen LogP contribution in [0, 0.1) is 18.6 Å². The minimum Gasteiger partial charge on any atom is -0.382 e. The number of imidazole rings is 1. The summed E-state index contributed by atoms with van der Waals surface area (Å²) in [4.78, 5) is 4.00. The lowest BCUT2D eigenvalue weighted by Crippen LogP contribution is -2.03. The number of hydrogen-bond donors (Lipinski definition) is 1. The zero-order valence-corrected chi connectivity index (χ0v) is 8.74. The van der Waals surface area contributed by atoms with Crippen molar-refractivity contribution in [3.8, 4) is 0 Å². The van der Waals surface area contributed by atoms with Crippen LogP contribution in [0.15, 0.2) is 24.4 Å². The van der Waals surface area contributed by atoms with Crippen LogP contribution < -0.4 is 5.73 Å². The third kappa shape index (κ3) is 2.03. The molecule has 0 aliphatic rings. The second-order valence-electron chi connectivity index (χ2n) is 3.58. The van der Waals surface area contributed by atoms with Crippen LogP contribution in [-0.2, 0) is 6.54 Å². The number of nitrogens with zero attached hydrogens (tertiary/aromatic N) is 2. The van der Waals surface area contributed by atoms with Crippen LogP contribution in [0.5, 0.6) is 0 Å². The first-order chi connectivity index (χ1) is 7.56. The van der Waals surface area contributed by atoms with Crippen molar-refractivity contribution in [2.75, 3.05) is 5.73 Å². The van der Waals surface area contributed by atoms with Crippen LogP contribution in [-0.4, -0.2) is 9.55 Å². The molecule has 0 saturated carbocycles. The summed E-state index contributed by atoms with van der Waals surface area (Å²) in [6.07, 6.45) is 1.62. The second kappa shape index (κ2) is 3.92. The van der Waals surface area contributed by atoms with Crippen LogP contribution in [0.1, 0.15) is 11.4 Å². The lowest BCUT2D eigenvalue weighted by molar-refractivity contribution is 0.565. The molecule has 0 aliphatic heterocycles. The zero-order valence-electron chi connectivity index (χ0n) is 8.74. The normalized spacial score (nSPS) is 10.7. The van der Waals surface area contributed by atoms with Gasteiger partial charge in [0.2, 0.25) is 0 Å². The van der Waals surface area contributed by atoms with E-state index in [0.29, 0.717) is 23.8 Å². The molecule has 0 saturated heterocycles. The Bertz CT molecular complexity index is 520. The van der Waals surface area contributed by atoms with Gasteiger partial charge in [-0.2, -0.15) is 0 Å². The summed E-state index contributed by atoms with van der Waals surface area (Å²) in [5, 5.41) is 0. The highest BCUT2D eigenvalue weighted by Crippen LogP contribution is 2.13. The summed E-state index contributed by atoms with van der Waals surface area (Å²) in [6, 6.07) is 3.51. The monoisotopic (exact) mass is 223 g/mol. The Kier molecular flexibility index (Phi) is 2.60. The van der Waals surface area contributed by atoms with Gasteiger partial charge >= 0.3 is 0 Å². The van der Waals surface area contributed by atoms with Gasteiger partial charge in [0.15, 0.2) is 0 Å². The SMILES string of the molecule is Cc1nc(N)cn1Cc1ccc(F)cc1F. The molecule has 84 valence electrons. The van der Waals surface area contributed by atoms with Crippen molar-refractivity contribution in [1.82, 2.24) is 9.55 Å². The first-order valence-electron chi connectivity index (χ1n) is 4.79. The van der Waals surface area contributed by atoms with Gasteiger partial charge in [0.05, 0.1) is 6.54 Å². The molecular formula is C11H11F2N3. The van der Waals surface area contributed by atoms with E-state index >= 15 is 0 Å². The molecule has 5 heteroatoms. The Morgan fingerprint density at radius 2 is 2.12 bits per heavy atom. The van der Waals surface area contributed by atoms with Crippen molar-refractivity contribution in [3.05, 3.63) is 47.4 Å². The number of rotatable bonds is 2. The second-order valence-corrected chi connectivity index (χ2v) is 3.58. The molecule has 2 N–H and O–H groups in total. The van der Waals surface area contributed by atoms with E-state index in [1.807, 2.05) is 0 Å². The highest BCUT2D eigenvalue weighted by molar-refractivity contribution is 5.27. The van der Waals surface area contributed by atoms with Crippen molar-refractivity contribution >= 4 is 5.82 Å². The predicted octanol–water partition coefficient (Wildman–Crippen LogP) is 2.10. The first kappa shape index (κ1) is 10.6. The predicted molar refractivity (Wildman–Crippen MR) is 56.8 cm³/mol. The van der Waals surface area contributed by atoms with Crippen LogP contribution in [0.4, 0.5) is 14.6 Å². The minimum absolute atomic E-state index is 0.294. The van der Waals surface area contributed by atoms with Crippen LogP contribution >= 0.6 is 0 Å². The van der Waals surface area contributed by atoms with Crippen LogP contribution in [0.3, 0.4) is 0 Å². The molecule has 0 bridgehead atoms. The van der Waals surface area contributed by atoms with E-state index in [0.717, 1.165) is 6.07 Å². The number of hydrogen-bond acceptors (Lipinski definition) is 2. The molecular weight excluding hydrogens is 212 g/mol. The van der Waals surface area contributed by atoms with Gasteiger partial charge < -0.3 is 10.3 Å². The molecule has 2 aromatic rings. The smallest absolute Gasteiger partial charge is 0.141 e. The molecule has 1 aromatic carbocycles. The Labute approximate surface area is 91.5 Å². The van der Waals surface area contributed by atoms with E-state index in [2.05, 4.69) is 4.98 Å². The third-order valence-electron chi connectivity index (χ3n) is 2.35. The van der Waals surface area contributed by atoms with Gasteiger partial charge in [0.25, 0.3) is 0 Å². The molecule has 0 spiro atoms. The van der Waals surface area contributed by atoms with Crippen molar-refractivity contribution < 1.29 is 8.78 Å². The van der Waals surface area contributed by atoms with Gasteiger partial charge in [-0.25, -0.2) is 13.8 Å². The lowest BCUT2D eigenvalue weighted by Gasteiger charge is -2.06.